The summed E-state index contributed by atoms with van der Waals surface area (Å²) < 4.78 is 0. The number of halogens is 1. The van der Waals surface area contributed by atoms with E-state index in [0.717, 1.165) is 19.1 Å². The fourth-order valence-electron chi connectivity index (χ4n) is 1.23. The van der Waals surface area contributed by atoms with Crippen molar-refractivity contribution in [3.63, 3.8) is 0 Å². The summed E-state index contributed by atoms with van der Waals surface area (Å²) in [6.07, 6.45) is 7.88. The summed E-state index contributed by atoms with van der Waals surface area (Å²) in [5.41, 5.74) is 2.62. The summed E-state index contributed by atoms with van der Waals surface area (Å²) in [5, 5.41) is 0. The smallest absolute Gasteiger partial charge is 0.120 e. The first kappa shape index (κ1) is 14.4. The molecular weight excluding hydrogens is 208 g/mol. The summed E-state index contributed by atoms with van der Waals surface area (Å²) in [6.45, 7) is 6.26. The molecule has 0 heterocycles. The van der Waals surface area contributed by atoms with Crippen molar-refractivity contribution in [1.82, 2.24) is 0 Å². The third-order valence-corrected chi connectivity index (χ3v) is 2.81. The van der Waals surface area contributed by atoms with Gasteiger partial charge in [0.15, 0.2) is 0 Å². The summed E-state index contributed by atoms with van der Waals surface area (Å²) in [7, 11) is 0. The van der Waals surface area contributed by atoms with Crippen molar-refractivity contribution < 1.29 is 4.79 Å². The molecule has 0 aliphatic carbocycles. The van der Waals surface area contributed by atoms with E-state index in [2.05, 4.69) is 32.9 Å². The fourth-order valence-corrected chi connectivity index (χ4v) is 1.53. The van der Waals surface area contributed by atoms with Gasteiger partial charge in [-0.3, -0.25) is 0 Å². The molecule has 0 fully saturated rings. The number of hydrogen-bond donors (Lipinski definition) is 0. The van der Waals surface area contributed by atoms with Crippen LogP contribution in [0, 0.1) is 5.92 Å². The minimum atomic E-state index is 0.365. The van der Waals surface area contributed by atoms with Crippen LogP contribution in [-0.4, -0.2) is 12.2 Å². The van der Waals surface area contributed by atoms with Crippen molar-refractivity contribution in [1.29, 1.82) is 0 Å². The number of carbonyl (C=O) groups excluding carboxylic acids is 1. The Morgan fingerprint density at radius 2 is 2.00 bits per heavy atom. The second kappa shape index (κ2) is 8.72. The lowest BCUT2D eigenvalue weighted by Crippen LogP contribution is -1.96. The molecule has 0 saturated carbocycles. The van der Waals surface area contributed by atoms with Crippen molar-refractivity contribution in [2.75, 3.05) is 5.88 Å². The second-order valence-corrected chi connectivity index (χ2v) is 4.35. The number of allylic oxidation sites excluding steroid dienone is 4. The maximum absolute atomic E-state index is 10.3. The zero-order valence-corrected chi connectivity index (χ0v) is 10.7. The number of hydrogen-bond acceptors (Lipinski definition) is 1. The molecule has 1 nitrogen and oxygen atoms in total. The lowest BCUT2D eigenvalue weighted by Gasteiger charge is -2.07. The number of rotatable bonds is 7. The number of alkyl halides is 1. The largest absolute Gasteiger partial charge is 0.303 e. The molecule has 1 unspecified atom stereocenters. The molecule has 0 aliphatic rings. The van der Waals surface area contributed by atoms with Gasteiger partial charge in [-0.05, 0) is 32.6 Å². The van der Waals surface area contributed by atoms with Crippen LogP contribution >= 0.6 is 11.6 Å². The van der Waals surface area contributed by atoms with Gasteiger partial charge < -0.3 is 4.79 Å². The van der Waals surface area contributed by atoms with Crippen molar-refractivity contribution in [2.24, 2.45) is 5.92 Å². The van der Waals surface area contributed by atoms with Crippen LogP contribution in [0.1, 0.15) is 40.0 Å². The highest BCUT2D eigenvalue weighted by Crippen LogP contribution is 2.14. The highest BCUT2D eigenvalue weighted by molar-refractivity contribution is 6.17. The van der Waals surface area contributed by atoms with E-state index in [4.69, 9.17) is 11.6 Å². The zero-order chi connectivity index (χ0) is 11.7. The molecule has 0 spiro atoms. The van der Waals surface area contributed by atoms with Gasteiger partial charge in [0.2, 0.25) is 0 Å². The molecule has 0 amide bonds. The van der Waals surface area contributed by atoms with Gasteiger partial charge in [0.05, 0.1) is 0 Å². The van der Waals surface area contributed by atoms with Gasteiger partial charge in [-0.2, -0.15) is 0 Å². The predicted molar refractivity (Wildman–Crippen MR) is 67.3 cm³/mol. The average Bonchev–Trinajstić information content (AvgIpc) is 2.18. The van der Waals surface area contributed by atoms with E-state index in [1.165, 1.54) is 11.1 Å². The Bertz CT molecular complexity index is 241. The van der Waals surface area contributed by atoms with Crippen LogP contribution in [0.15, 0.2) is 23.3 Å². The third kappa shape index (κ3) is 7.38. The highest BCUT2D eigenvalue weighted by atomic mass is 35.5. The quantitative estimate of drug-likeness (QED) is 0.364. The Morgan fingerprint density at radius 1 is 1.33 bits per heavy atom. The molecule has 0 aromatic carbocycles. The highest BCUT2D eigenvalue weighted by Gasteiger charge is 2.01. The van der Waals surface area contributed by atoms with Gasteiger partial charge in [-0.25, -0.2) is 0 Å². The van der Waals surface area contributed by atoms with E-state index in [1.807, 2.05) is 0 Å². The topological polar surface area (TPSA) is 17.1 Å². The van der Waals surface area contributed by atoms with E-state index in [9.17, 15) is 4.79 Å². The van der Waals surface area contributed by atoms with Gasteiger partial charge in [0.1, 0.15) is 6.29 Å². The third-order valence-electron chi connectivity index (χ3n) is 2.62. The average molecular weight is 229 g/mol. The molecule has 2 heteroatoms. The van der Waals surface area contributed by atoms with Crippen LogP contribution in [0.2, 0.25) is 0 Å². The Hall–Kier alpha value is -0.560. The van der Waals surface area contributed by atoms with E-state index in [-0.39, 0.29) is 0 Å². The first-order valence-corrected chi connectivity index (χ1v) is 5.97. The monoisotopic (exact) mass is 228 g/mol. The minimum absolute atomic E-state index is 0.365. The van der Waals surface area contributed by atoms with Gasteiger partial charge in [-0.15, -0.1) is 11.6 Å². The Balaban J connectivity index is 4.04. The SMILES string of the molecule is C/C(=C\C/C=C(\C)C(C)CC=O)CCCl. The lowest BCUT2D eigenvalue weighted by molar-refractivity contribution is -0.108. The summed E-state index contributed by atoms with van der Waals surface area (Å²) in [6, 6.07) is 0. The van der Waals surface area contributed by atoms with E-state index >= 15 is 0 Å². The molecule has 0 saturated heterocycles. The van der Waals surface area contributed by atoms with Crippen LogP contribution in [0.25, 0.3) is 0 Å². The Morgan fingerprint density at radius 3 is 2.53 bits per heavy atom. The Kier molecular flexibility index (Phi) is 8.40. The van der Waals surface area contributed by atoms with Crippen LogP contribution in [0.3, 0.4) is 0 Å². The number of carbonyl (C=O) groups is 1. The predicted octanol–water partition coefficient (Wildman–Crippen LogP) is 4.12. The van der Waals surface area contributed by atoms with Crippen LogP contribution < -0.4 is 0 Å². The maximum atomic E-state index is 10.3. The van der Waals surface area contributed by atoms with Gasteiger partial charge in [0.25, 0.3) is 0 Å². The molecule has 1 atom stereocenters. The van der Waals surface area contributed by atoms with Crippen molar-refractivity contribution in [3.8, 4) is 0 Å². The van der Waals surface area contributed by atoms with E-state index in [0.29, 0.717) is 18.2 Å². The Labute approximate surface area is 98.2 Å². The molecule has 0 radical (unpaired) electrons. The second-order valence-electron chi connectivity index (χ2n) is 3.98. The molecular formula is C13H21ClO. The van der Waals surface area contributed by atoms with Gasteiger partial charge in [0, 0.05) is 12.3 Å². The zero-order valence-electron chi connectivity index (χ0n) is 9.92. The number of aldehydes is 1. The summed E-state index contributed by atoms with van der Waals surface area (Å²) in [4.78, 5) is 10.3. The normalized spacial score (nSPS) is 15.2. The van der Waals surface area contributed by atoms with Gasteiger partial charge >= 0.3 is 0 Å². The minimum Gasteiger partial charge on any atom is -0.303 e. The van der Waals surface area contributed by atoms with Crippen molar-refractivity contribution in [2.45, 2.75) is 40.0 Å². The van der Waals surface area contributed by atoms with Crippen LogP contribution in [0.4, 0.5) is 0 Å². The first-order chi connectivity index (χ1) is 7.11. The molecule has 86 valence electrons. The maximum Gasteiger partial charge on any atom is 0.120 e. The van der Waals surface area contributed by atoms with Gasteiger partial charge in [-0.1, -0.05) is 30.2 Å². The molecule has 15 heavy (non-hydrogen) atoms. The first-order valence-electron chi connectivity index (χ1n) is 5.43. The molecule has 0 bridgehead atoms. The van der Waals surface area contributed by atoms with Crippen LogP contribution in [-0.2, 0) is 4.79 Å². The summed E-state index contributed by atoms with van der Waals surface area (Å²) in [5.74, 6) is 1.05. The molecule has 0 N–H and O–H groups in total. The lowest BCUT2D eigenvalue weighted by atomic mass is 9.98. The molecule has 0 aliphatic heterocycles. The molecule has 0 rings (SSSR count). The molecule has 0 aromatic heterocycles. The fraction of sp³-hybridized carbons (Fsp3) is 0.615. The standard InChI is InChI=1S/C13H21ClO/c1-11(7-9-14)5-4-6-12(2)13(3)8-10-15/h5-6,10,13H,4,7-9H2,1-3H3/b11-5+,12-6+. The molecule has 0 aromatic rings. The van der Waals surface area contributed by atoms with E-state index in [1.54, 1.807) is 0 Å². The van der Waals surface area contributed by atoms with Crippen molar-refractivity contribution >= 4 is 17.9 Å². The van der Waals surface area contributed by atoms with Crippen molar-refractivity contribution in [3.05, 3.63) is 23.3 Å². The van der Waals surface area contributed by atoms with E-state index < -0.39 is 0 Å². The van der Waals surface area contributed by atoms with Crippen LogP contribution in [0.5, 0.6) is 0 Å². The summed E-state index contributed by atoms with van der Waals surface area (Å²) >= 11 is 5.63.